The zero-order valence-corrected chi connectivity index (χ0v) is 14.7. The molecule has 0 saturated heterocycles. The van der Waals surface area contributed by atoms with Crippen molar-refractivity contribution in [3.63, 3.8) is 0 Å². The third kappa shape index (κ3) is 4.53. The van der Waals surface area contributed by atoms with Crippen molar-refractivity contribution in [2.75, 3.05) is 0 Å². The number of hydrogen-bond acceptors (Lipinski definition) is 5. The summed E-state index contributed by atoms with van der Waals surface area (Å²) in [7, 11) is 0. The van der Waals surface area contributed by atoms with Gasteiger partial charge in [0, 0.05) is 11.8 Å². The average molecular weight is 349 g/mol. The Morgan fingerprint density at radius 2 is 2.13 bits per heavy atom. The van der Waals surface area contributed by atoms with E-state index in [2.05, 4.69) is 6.58 Å². The summed E-state index contributed by atoms with van der Waals surface area (Å²) < 4.78 is 7.81. The van der Waals surface area contributed by atoms with Crippen LogP contribution in [0.25, 0.3) is 0 Å². The number of carbonyl (C=O) groups is 1. The molecule has 0 spiro atoms. The van der Waals surface area contributed by atoms with Crippen molar-refractivity contribution in [3.8, 4) is 0 Å². The van der Waals surface area contributed by atoms with Gasteiger partial charge in [-0.3, -0.25) is 0 Å². The highest BCUT2D eigenvalue weighted by Crippen LogP contribution is 2.14. The molecular weight excluding hydrogens is 330 g/mol. The van der Waals surface area contributed by atoms with E-state index in [9.17, 15) is 4.79 Å². The Bertz CT molecular complexity index is 721. The summed E-state index contributed by atoms with van der Waals surface area (Å²) >= 11 is 6.67. The summed E-state index contributed by atoms with van der Waals surface area (Å²) in [5, 5.41) is 1.92. The average Bonchev–Trinajstić information content (AvgIpc) is 2.87. The second-order valence-corrected chi connectivity index (χ2v) is 6.59. The molecule has 4 nitrogen and oxygen atoms in total. The molecule has 2 atom stereocenters. The predicted octanol–water partition coefficient (Wildman–Crippen LogP) is 4.21. The molecule has 1 heterocycles. The minimum Gasteiger partial charge on any atom is -0.454 e. The molecule has 1 aromatic carbocycles. The first kappa shape index (κ1) is 17.4. The number of esters is 1. The van der Waals surface area contributed by atoms with Crippen LogP contribution in [-0.4, -0.2) is 22.9 Å². The normalized spacial score (nSPS) is 13.1. The van der Waals surface area contributed by atoms with E-state index in [-0.39, 0.29) is 12.1 Å². The Balaban J connectivity index is 2.09. The van der Waals surface area contributed by atoms with Gasteiger partial charge in [0.15, 0.2) is 10.1 Å². The largest absolute Gasteiger partial charge is 0.454 e. The van der Waals surface area contributed by atoms with Gasteiger partial charge in [0.1, 0.15) is 6.10 Å². The van der Waals surface area contributed by atoms with Crippen molar-refractivity contribution >= 4 is 29.5 Å². The van der Waals surface area contributed by atoms with Crippen molar-refractivity contribution in [3.05, 3.63) is 63.6 Å². The highest BCUT2D eigenvalue weighted by atomic mass is 32.1. The Morgan fingerprint density at radius 1 is 1.43 bits per heavy atom. The standard InChI is InChI=1S/C17H19NO3S2/c1-4-8-15(20-16(19)14-9-6-5-7-10-14)13(3)21-18-12(2)11-23-17(18)22/h4-7,9-11,13,15H,1,8H2,2-3H3/t13-,15+/m1/s1. The van der Waals surface area contributed by atoms with Crippen LogP contribution in [0.5, 0.6) is 0 Å². The molecule has 0 N–H and O–H groups in total. The maximum atomic E-state index is 12.2. The molecule has 0 saturated carbocycles. The highest BCUT2D eigenvalue weighted by Gasteiger charge is 2.24. The Hall–Kier alpha value is -1.92. The van der Waals surface area contributed by atoms with E-state index in [1.54, 1.807) is 35.1 Å². The smallest absolute Gasteiger partial charge is 0.338 e. The molecule has 0 unspecified atom stereocenters. The van der Waals surface area contributed by atoms with E-state index in [0.29, 0.717) is 15.9 Å². The van der Waals surface area contributed by atoms with Gasteiger partial charge in [-0.1, -0.05) is 24.3 Å². The predicted molar refractivity (Wildman–Crippen MR) is 94.4 cm³/mol. The van der Waals surface area contributed by atoms with Crippen LogP contribution in [0.1, 0.15) is 29.4 Å². The maximum absolute atomic E-state index is 12.2. The monoisotopic (exact) mass is 349 g/mol. The molecular formula is C17H19NO3S2. The second-order valence-electron chi connectivity index (χ2n) is 5.08. The van der Waals surface area contributed by atoms with Crippen molar-refractivity contribution < 1.29 is 14.4 Å². The van der Waals surface area contributed by atoms with Gasteiger partial charge in [-0.25, -0.2) is 4.79 Å². The SMILES string of the molecule is C=CC[C@H](OC(=O)c1ccccc1)[C@@H](C)On1c(C)csc1=S. The molecule has 1 aromatic heterocycles. The molecule has 0 aliphatic carbocycles. The van der Waals surface area contributed by atoms with E-state index >= 15 is 0 Å². The quantitative estimate of drug-likeness (QED) is 0.427. The Labute approximate surface area is 144 Å². The van der Waals surface area contributed by atoms with Gasteiger partial charge in [-0.2, -0.15) is 4.73 Å². The van der Waals surface area contributed by atoms with E-state index < -0.39 is 6.10 Å². The van der Waals surface area contributed by atoms with Gasteiger partial charge in [0.25, 0.3) is 0 Å². The number of carbonyl (C=O) groups excluding carboxylic acids is 1. The second kappa shape index (κ2) is 8.08. The zero-order valence-electron chi connectivity index (χ0n) is 13.1. The Morgan fingerprint density at radius 3 is 2.70 bits per heavy atom. The lowest BCUT2D eigenvalue weighted by atomic mass is 10.1. The fourth-order valence-corrected chi connectivity index (χ4v) is 3.00. The molecule has 0 radical (unpaired) electrons. The number of nitrogens with zero attached hydrogens (tertiary/aromatic N) is 1. The van der Waals surface area contributed by atoms with E-state index in [4.69, 9.17) is 21.8 Å². The van der Waals surface area contributed by atoms with E-state index in [0.717, 1.165) is 5.69 Å². The number of hydrogen-bond donors (Lipinski definition) is 0. The van der Waals surface area contributed by atoms with Crippen molar-refractivity contribution in [1.29, 1.82) is 0 Å². The maximum Gasteiger partial charge on any atom is 0.338 e. The summed E-state index contributed by atoms with van der Waals surface area (Å²) in [5.41, 5.74) is 1.43. The van der Waals surface area contributed by atoms with Crippen LogP contribution in [0, 0.1) is 10.9 Å². The minimum atomic E-state index is -0.443. The number of aryl methyl sites for hydroxylation is 1. The molecule has 2 aromatic rings. The molecule has 0 fully saturated rings. The molecule has 0 bridgehead atoms. The van der Waals surface area contributed by atoms with Gasteiger partial charge < -0.3 is 9.57 Å². The number of ether oxygens (including phenoxy) is 1. The van der Waals surface area contributed by atoms with Crippen molar-refractivity contribution in [2.24, 2.45) is 0 Å². The van der Waals surface area contributed by atoms with Gasteiger partial charge in [-0.15, -0.1) is 17.9 Å². The van der Waals surface area contributed by atoms with Gasteiger partial charge in [-0.05, 0) is 38.2 Å². The molecule has 122 valence electrons. The van der Waals surface area contributed by atoms with Gasteiger partial charge >= 0.3 is 5.97 Å². The van der Waals surface area contributed by atoms with Gasteiger partial charge in [0.2, 0.25) is 0 Å². The van der Waals surface area contributed by atoms with Gasteiger partial charge in [0.05, 0.1) is 11.3 Å². The summed E-state index contributed by atoms with van der Waals surface area (Å²) in [5.74, 6) is -0.376. The number of aromatic nitrogens is 1. The van der Waals surface area contributed by atoms with Crippen molar-refractivity contribution in [2.45, 2.75) is 32.5 Å². The lowest BCUT2D eigenvalue weighted by Crippen LogP contribution is -2.37. The summed E-state index contributed by atoms with van der Waals surface area (Å²) in [6, 6.07) is 8.89. The first-order valence-electron chi connectivity index (χ1n) is 7.24. The third-order valence-electron chi connectivity index (χ3n) is 3.28. The van der Waals surface area contributed by atoms with Crippen LogP contribution in [0.3, 0.4) is 0 Å². The molecule has 0 aliphatic rings. The first-order chi connectivity index (χ1) is 11.0. The van der Waals surface area contributed by atoms with E-state index in [1.807, 2.05) is 25.3 Å². The van der Waals surface area contributed by atoms with Crippen LogP contribution < -0.4 is 4.84 Å². The topological polar surface area (TPSA) is 40.5 Å². The van der Waals surface area contributed by atoms with Crippen LogP contribution >= 0.6 is 23.6 Å². The fourth-order valence-electron chi connectivity index (χ4n) is 2.02. The lowest BCUT2D eigenvalue weighted by molar-refractivity contribution is -0.0504. The molecule has 0 aliphatic heterocycles. The zero-order chi connectivity index (χ0) is 16.8. The molecule has 23 heavy (non-hydrogen) atoms. The highest BCUT2D eigenvalue weighted by molar-refractivity contribution is 7.73. The summed E-state index contributed by atoms with van der Waals surface area (Å²) in [4.78, 5) is 18.1. The number of rotatable bonds is 7. The minimum absolute atomic E-state index is 0.360. The molecule has 2 rings (SSSR count). The van der Waals surface area contributed by atoms with E-state index in [1.165, 1.54) is 11.3 Å². The number of thiazole rings is 1. The third-order valence-corrected chi connectivity index (χ3v) is 4.56. The first-order valence-corrected chi connectivity index (χ1v) is 8.53. The van der Waals surface area contributed by atoms with Crippen LogP contribution in [0.2, 0.25) is 0 Å². The van der Waals surface area contributed by atoms with Crippen LogP contribution in [-0.2, 0) is 4.74 Å². The summed E-state index contributed by atoms with van der Waals surface area (Å²) in [6.45, 7) is 7.49. The Kier molecular flexibility index (Phi) is 6.12. The lowest BCUT2D eigenvalue weighted by Gasteiger charge is -2.24. The summed E-state index contributed by atoms with van der Waals surface area (Å²) in [6.07, 6.45) is 1.40. The fraction of sp³-hybridized carbons (Fsp3) is 0.294. The molecule has 0 amide bonds. The van der Waals surface area contributed by atoms with Crippen LogP contribution in [0.15, 0.2) is 48.4 Å². The van der Waals surface area contributed by atoms with Crippen molar-refractivity contribution in [1.82, 2.24) is 4.73 Å². The van der Waals surface area contributed by atoms with Crippen LogP contribution in [0.4, 0.5) is 0 Å². The number of benzene rings is 1. The molecule has 6 heteroatoms.